The molecule has 1 aliphatic heterocycles. The topological polar surface area (TPSA) is 63.1 Å². The number of benzene rings is 1. The number of nitrogens with zero attached hydrogens (tertiary/aromatic N) is 4. The molecule has 1 aromatic carbocycles. The first-order valence-electron chi connectivity index (χ1n) is 9.27. The summed E-state index contributed by atoms with van der Waals surface area (Å²) in [6.07, 6.45) is 6.31. The monoisotopic (exact) mass is 361 g/mol. The van der Waals surface area contributed by atoms with Gasteiger partial charge < -0.3 is 14.8 Å². The van der Waals surface area contributed by atoms with E-state index < -0.39 is 0 Å². The van der Waals surface area contributed by atoms with Crippen LogP contribution in [0.5, 0.6) is 0 Å². The lowest BCUT2D eigenvalue weighted by molar-refractivity contribution is 0.102. The van der Waals surface area contributed by atoms with Gasteiger partial charge in [0.1, 0.15) is 0 Å². The zero-order chi connectivity index (χ0) is 18.8. The van der Waals surface area contributed by atoms with Crippen LogP contribution in [0.3, 0.4) is 0 Å². The van der Waals surface area contributed by atoms with Gasteiger partial charge in [-0.25, -0.2) is 9.97 Å². The molecule has 2 aromatic heterocycles. The van der Waals surface area contributed by atoms with E-state index in [2.05, 4.69) is 20.2 Å². The molecule has 6 heteroatoms. The zero-order valence-corrected chi connectivity index (χ0v) is 15.6. The van der Waals surface area contributed by atoms with Crippen LogP contribution in [0.15, 0.2) is 48.8 Å². The van der Waals surface area contributed by atoms with E-state index >= 15 is 0 Å². The first kappa shape index (κ1) is 17.3. The Morgan fingerprint density at radius 3 is 2.15 bits per heavy atom. The molecule has 1 saturated heterocycles. The average molecular weight is 361 g/mol. The predicted molar refractivity (Wildman–Crippen MR) is 107 cm³/mol. The van der Waals surface area contributed by atoms with Gasteiger partial charge in [0.15, 0.2) is 0 Å². The maximum Gasteiger partial charge on any atom is 0.255 e. The van der Waals surface area contributed by atoms with E-state index in [1.807, 2.05) is 67.2 Å². The van der Waals surface area contributed by atoms with Gasteiger partial charge in [-0.3, -0.25) is 4.79 Å². The number of carbonyl (C=O) groups is 1. The fourth-order valence-corrected chi connectivity index (χ4v) is 3.42. The lowest BCUT2D eigenvalue weighted by Gasteiger charge is -2.18. The molecule has 0 bridgehead atoms. The predicted octanol–water partition coefficient (Wildman–Crippen LogP) is 3.74. The van der Waals surface area contributed by atoms with Gasteiger partial charge in [-0.15, -0.1) is 0 Å². The summed E-state index contributed by atoms with van der Waals surface area (Å²) in [6, 6.07) is 11.5. The first-order valence-corrected chi connectivity index (χ1v) is 9.27. The summed E-state index contributed by atoms with van der Waals surface area (Å²) in [7, 11) is 0. The van der Waals surface area contributed by atoms with Crippen LogP contribution in [0.4, 0.5) is 11.6 Å². The summed E-state index contributed by atoms with van der Waals surface area (Å²) in [4.78, 5) is 24.1. The maximum absolute atomic E-state index is 12.7. The van der Waals surface area contributed by atoms with Gasteiger partial charge in [0, 0.05) is 36.7 Å². The Bertz CT molecular complexity index is 918. The summed E-state index contributed by atoms with van der Waals surface area (Å²) in [5.74, 6) is 0.606. The lowest BCUT2D eigenvalue weighted by atomic mass is 10.1. The van der Waals surface area contributed by atoms with E-state index in [1.54, 1.807) is 0 Å². The minimum absolute atomic E-state index is 0.155. The molecular weight excluding hydrogens is 338 g/mol. The number of carbonyl (C=O) groups excluding carboxylic acids is 1. The van der Waals surface area contributed by atoms with Crippen molar-refractivity contribution in [3.05, 3.63) is 65.7 Å². The zero-order valence-electron chi connectivity index (χ0n) is 15.6. The van der Waals surface area contributed by atoms with E-state index in [-0.39, 0.29) is 5.91 Å². The van der Waals surface area contributed by atoms with Gasteiger partial charge in [0.25, 0.3) is 5.91 Å². The maximum atomic E-state index is 12.7. The highest BCUT2D eigenvalue weighted by Gasteiger charge is 2.18. The normalized spacial score (nSPS) is 13.8. The van der Waals surface area contributed by atoms with Gasteiger partial charge >= 0.3 is 0 Å². The fourth-order valence-electron chi connectivity index (χ4n) is 3.42. The van der Waals surface area contributed by atoms with Crippen molar-refractivity contribution in [2.75, 3.05) is 23.3 Å². The van der Waals surface area contributed by atoms with Crippen molar-refractivity contribution >= 4 is 17.5 Å². The van der Waals surface area contributed by atoms with Crippen LogP contribution in [-0.4, -0.2) is 33.5 Å². The van der Waals surface area contributed by atoms with Crippen molar-refractivity contribution in [2.24, 2.45) is 0 Å². The van der Waals surface area contributed by atoms with Crippen molar-refractivity contribution in [1.82, 2.24) is 14.5 Å². The summed E-state index contributed by atoms with van der Waals surface area (Å²) in [5.41, 5.74) is 3.90. The summed E-state index contributed by atoms with van der Waals surface area (Å²) in [5, 5.41) is 2.98. The van der Waals surface area contributed by atoms with Crippen LogP contribution in [0.25, 0.3) is 5.69 Å². The highest BCUT2D eigenvalue weighted by atomic mass is 16.1. The number of hydrogen-bond donors (Lipinski definition) is 1. The second kappa shape index (κ2) is 7.23. The van der Waals surface area contributed by atoms with Gasteiger partial charge in [-0.05, 0) is 63.1 Å². The number of amides is 1. The standard InChI is InChI=1S/C21H23N5O/c1-15-19(16(2)23-21(22-15)26-13-5-6-14-26)24-20(27)17-7-9-18(10-8-17)25-11-3-4-12-25/h3-4,7-12H,5-6,13-14H2,1-2H3,(H,24,27). The fraction of sp³-hybridized carbons (Fsp3) is 0.286. The second-order valence-corrected chi connectivity index (χ2v) is 6.85. The lowest BCUT2D eigenvalue weighted by Crippen LogP contribution is -2.22. The van der Waals surface area contributed by atoms with Gasteiger partial charge in [-0.2, -0.15) is 0 Å². The van der Waals surface area contributed by atoms with Crippen LogP contribution in [0, 0.1) is 13.8 Å². The minimum Gasteiger partial charge on any atom is -0.341 e. The van der Waals surface area contributed by atoms with Crippen molar-refractivity contribution in [2.45, 2.75) is 26.7 Å². The Hall–Kier alpha value is -3.15. The highest BCUT2D eigenvalue weighted by molar-refractivity contribution is 6.04. The van der Waals surface area contributed by atoms with E-state index in [0.29, 0.717) is 11.3 Å². The number of anilines is 2. The molecule has 3 heterocycles. The van der Waals surface area contributed by atoms with E-state index in [4.69, 9.17) is 0 Å². The number of aryl methyl sites for hydroxylation is 2. The molecule has 6 nitrogen and oxygen atoms in total. The Balaban J connectivity index is 1.52. The van der Waals surface area contributed by atoms with Crippen molar-refractivity contribution < 1.29 is 4.79 Å². The molecule has 3 aromatic rings. The molecule has 1 fully saturated rings. The molecule has 138 valence electrons. The first-order chi connectivity index (χ1) is 13.1. The smallest absolute Gasteiger partial charge is 0.255 e. The third-order valence-electron chi connectivity index (χ3n) is 4.92. The summed E-state index contributed by atoms with van der Waals surface area (Å²) < 4.78 is 2.00. The Labute approximate surface area is 158 Å². The van der Waals surface area contributed by atoms with E-state index in [0.717, 1.165) is 36.1 Å². The average Bonchev–Trinajstić information content (AvgIpc) is 3.38. The molecule has 1 N–H and O–H groups in total. The molecule has 1 amide bonds. The number of hydrogen-bond acceptors (Lipinski definition) is 4. The SMILES string of the molecule is Cc1nc(N2CCCC2)nc(C)c1NC(=O)c1ccc(-n2cccc2)cc1. The molecule has 0 unspecified atom stereocenters. The van der Waals surface area contributed by atoms with Crippen LogP contribution < -0.4 is 10.2 Å². The third kappa shape index (κ3) is 3.56. The van der Waals surface area contributed by atoms with Gasteiger partial charge in [0.05, 0.1) is 17.1 Å². The van der Waals surface area contributed by atoms with Crippen molar-refractivity contribution in [3.63, 3.8) is 0 Å². The molecule has 0 spiro atoms. The molecular formula is C21H23N5O. The number of nitrogens with one attached hydrogen (secondary N) is 1. The quantitative estimate of drug-likeness (QED) is 0.769. The van der Waals surface area contributed by atoms with Gasteiger partial charge in [-0.1, -0.05) is 0 Å². The molecule has 0 atom stereocenters. The Morgan fingerprint density at radius 2 is 1.56 bits per heavy atom. The van der Waals surface area contributed by atoms with Crippen molar-refractivity contribution in [1.29, 1.82) is 0 Å². The van der Waals surface area contributed by atoms with Crippen LogP contribution in [-0.2, 0) is 0 Å². The van der Waals surface area contributed by atoms with Crippen LogP contribution in [0.2, 0.25) is 0 Å². The van der Waals surface area contributed by atoms with Crippen molar-refractivity contribution in [3.8, 4) is 5.69 Å². The molecule has 0 saturated carbocycles. The molecule has 0 aliphatic carbocycles. The molecule has 27 heavy (non-hydrogen) atoms. The van der Waals surface area contributed by atoms with E-state index in [9.17, 15) is 4.79 Å². The highest BCUT2D eigenvalue weighted by Crippen LogP contribution is 2.23. The summed E-state index contributed by atoms with van der Waals surface area (Å²) >= 11 is 0. The number of rotatable bonds is 4. The van der Waals surface area contributed by atoms with Crippen LogP contribution >= 0.6 is 0 Å². The Kier molecular flexibility index (Phi) is 4.62. The molecule has 1 aliphatic rings. The third-order valence-corrected chi connectivity index (χ3v) is 4.92. The molecule has 0 radical (unpaired) electrons. The van der Waals surface area contributed by atoms with Crippen LogP contribution in [0.1, 0.15) is 34.6 Å². The largest absolute Gasteiger partial charge is 0.341 e. The van der Waals surface area contributed by atoms with Gasteiger partial charge in [0.2, 0.25) is 5.95 Å². The second-order valence-electron chi connectivity index (χ2n) is 6.85. The summed E-state index contributed by atoms with van der Waals surface area (Å²) in [6.45, 7) is 5.83. The Morgan fingerprint density at radius 1 is 0.963 bits per heavy atom. The molecule has 4 rings (SSSR count). The minimum atomic E-state index is -0.155. The number of aromatic nitrogens is 3. The van der Waals surface area contributed by atoms with E-state index in [1.165, 1.54) is 12.8 Å².